The number of aliphatic imine (C=N–C) groups is 1. The van der Waals surface area contributed by atoms with Crippen molar-refractivity contribution in [2.45, 2.75) is 13.8 Å². The first-order valence-electron chi connectivity index (χ1n) is 11.2. The lowest BCUT2D eigenvalue weighted by Gasteiger charge is -2.15. The summed E-state index contributed by atoms with van der Waals surface area (Å²) in [5.41, 5.74) is 3.44. The quantitative estimate of drug-likeness (QED) is 0.165. The number of nitro benzene ring substituents is 1. The maximum atomic E-state index is 13.4. The van der Waals surface area contributed by atoms with Crippen molar-refractivity contribution in [3.8, 4) is 11.3 Å². The fourth-order valence-corrected chi connectivity index (χ4v) is 4.94. The zero-order valence-corrected chi connectivity index (χ0v) is 20.4. The predicted octanol–water partition coefficient (Wildman–Crippen LogP) is 7.28. The predicted molar refractivity (Wildman–Crippen MR) is 143 cm³/mol. The fraction of sp³-hybridized carbons (Fsp3) is 0.0714. The third-order valence-electron chi connectivity index (χ3n) is 5.69. The summed E-state index contributed by atoms with van der Waals surface area (Å²) in [6.07, 6.45) is 1.68. The molecular formula is C28H21N3O4S. The molecule has 0 atom stereocenters. The lowest BCUT2D eigenvalue weighted by Crippen LogP contribution is -2.28. The number of amides is 1. The molecule has 7 nitrogen and oxygen atoms in total. The highest BCUT2D eigenvalue weighted by Crippen LogP contribution is 2.38. The first-order chi connectivity index (χ1) is 17.4. The number of amidine groups is 1. The minimum atomic E-state index is -0.392. The molecule has 0 unspecified atom stereocenters. The molecule has 0 aliphatic carbocycles. The second-order valence-corrected chi connectivity index (χ2v) is 9.24. The fourth-order valence-electron chi connectivity index (χ4n) is 3.96. The molecule has 0 bridgehead atoms. The van der Waals surface area contributed by atoms with E-state index in [4.69, 9.17) is 9.41 Å². The van der Waals surface area contributed by atoms with E-state index in [1.54, 1.807) is 43.0 Å². The summed E-state index contributed by atoms with van der Waals surface area (Å²) < 4.78 is 6.02. The van der Waals surface area contributed by atoms with Crippen LogP contribution in [0.5, 0.6) is 0 Å². The van der Waals surface area contributed by atoms with Gasteiger partial charge in [-0.3, -0.25) is 19.8 Å². The van der Waals surface area contributed by atoms with Crippen molar-refractivity contribution >= 4 is 46.0 Å². The number of rotatable bonds is 5. The summed E-state index contributed by atoms with van der Waals surface area (Å²) in [4.78, 5) is 31.3. The van der Waals surface area contributed by atoms with E-state index in [2.05, 4.69) is 0 Å². The number of carbonyl (C=O) groups is 1. The molecule has 0 saturated carbocycles. The molecule has 1 aliphatic heterocycles. The first kappa shape index (κ1) is 23.3. The largest absolute Gasteiger partial charge is 0.457 e. The molecule has 0 spiro atoms. The standard InChI is InChI=1S/C28H21N3O4S/c1-18-15-23(19(2)24(16-18)31(33)34)25-14-13-22(35-25)17-26-27(32)30(21-11-7-4-8-12-21)28(36-26)29-20-9-5-3-6-10-20/h3-17H,1-2H3/b26-17+,29-28?. The summed E-state index contributed by atoms with van der Waals surface area (Å²) >= 11 is 1.27. The molecule has 2 heterocycles. The van der Waals surface area contributed by atoms with Crippen molar-refractivity contribution < 1.29 is 14.1 Å². The smallest absolute Gasteiger partial charge is 0.273 e. The molecule has 1 fully saturated rings. The topological polar surface area (TPSA) is 89.0 Å². The molecule has 1 amide bonds. The summed E-state index contributed by atoms with van der Waals surface area (Å²) in [6, 6.07) is 25.7. The van der Waals surface area contributed by atoms with Crippen LogP contribution in [0.1, 0.15) is 16.9 Å². The van der Waals surface area contributed by atoms with Gasteiger partial charge in [-0.1, -0.05) is 36.4 Å². The molecule has 0 N–H and O–H groups in total. The number of aryl methyl sites for hydroxylation is 1. The van der Waals surface area contributed by atoms with E-state index < -0.39 is 4.92 Å². The first-order valence-corrected chi connectivity index (χ1v) is 12.0. The Kier molecular flexibility index (Phi) is 6.26. The SMILES string of the molecule is Cc1cc(-c2ccc(/C=C3/SC(=Nc4ccccc4)N(c4ccccc4)C3=O)o2)c(C)c([N+](=O)[O-])c1. The van der Waals surface area contributed by atoms with E-state index in [1.807, 2.05) is 66.7 Å². The highest BCUT2D eigenvalue weighted by Gasteiger charge is 2.35. The van der Waals surface area contributed by atoms with Crippen LogP contribution < -0.4 is 4.90 Å². The van der Waals surface area contributed by atoms with Gasteiger partial charge in [0.1, 0.15) is 11.5 Å². The van der Waals surface area contributed by atoms with Crippen LogP contribution in [0, 0.1) is 24.0 Å². The van der Waals surface area contributed by atoms with Crippen LogP contribution in [0.3, 0.4) is 0 Å². The summed E-state index contributed by atoms with van der Waals surface area (Å²) in [5.74, 6) is 0.763. The minimum absolute atomic E-state index is 0.0445. The minimum Gasteiger partial charge on any atom is -0.457 e. The Labute approximate surface area is 211 Å². The van der Waals surface area contributed by atoms with Crippen LogP contribution in [0.25, 0.3) is 17.4 Å². The van der Waals surface area contributed by atoms with E-state index in [0.29, 0.717) is 32.7 Å². The van der Waals surface area contributed by atoms with Gasteiger partial charge in [-0.05, 0) is 73.6 Å². The number of benzene rings is 3. The van der Waals surface area contributed by atoms with E-state index in [-0.39, 0.29) is 11.6 Å². The number of nitro groups is 1. The molecule has 178 valence electrons. The van der Waals surface area contributed by atoms with Gasteiger partial charge in [0.25, 0.3) is 11.6 Å². The van der Waals surface area contributed by atoms with Crippen LogP contribution in [-0.4, -0.2) is 16.0 Å². The van der Waals surface area contributed by atoms with Crippen LogP contribution >= 0.6 is 11.8 Å². The maximum Gasteiger partial charge on any atom is 0.273 e. The third-order valence-corrected chi connectivity index (χ3v) is 6.66. The summed E-state index contributed by atoms with van der Waals surface area (Å²) in [5, 5.41) is 12.0. The number of carbonyl (C=O) groups excluding carboxylic acids is 1. The number of hydrogen-bond donors (Lipinski definition) is 0. The molecule has 1 aliphatic rings. The van der Waals surface area contributed by atoms with Crippen LogP contribution in [0.4, 0.5) is 17.1 Å². The van der Waals surface area contributed by atoms with Gasteiger partial charge in [0.05, 0.1) is 21.2 Å². The molecule has 1 aromatic heterocycles. The van der Waals surface area contributed by atoms with Crippen molar-refractivity contribution in [3.05, 3.63) is 117 Å². The van der Waals surface area contributed by atoms with E-state index in [9.17, 15) is 14.9 Å². The number of thioether (sulfide) groups is 1. The van der Waals surface area contributed by atoms with Gasteiger partial charge in [0.15, 0.2) is 5.17 Å². The molecule has 1 saturated heterocycles. The molecule has 4 aromatic rings. The molecular weight excluding hydrogens is 474 g/mol. The van der Waals surface area contributed by atoms with Gasteiger partial charge < -0.3 is 4.42 Å². The molecule has 5 rings (SSSR count). The second kappa shape index (κ2) is 9.67. The van der Waals surface area contributed by atoms with Crippen LogP contribution in [0.2, 0.25) is 0 Å². The van der Waals surface area contributed by atoms with Gasteiger partial charge in [0, 0.05) is 23.3 Å². The summed E-state index contributed by atoms with van der Waals surface area (Å²) in [6.45, 7) is 3.51. The number of para-hydroxylation sites is 2. The van der Waals surface area contributed by atoms with Gasteiger partial charge in [-0.25, -0.2) is 4.99 Å². The maximum absolute atomic E-state index is 13.4. The Morgan fingerprint density at radius 2 is 1.67 bits per heavy atom. The lowest BCUT2D eigenvalue weighted by molar-refractivity contribution is -0.385. The van der Waals surface area contributed by atoms with Crippen LogP contribution in [0.15, 0.2) is 99.2 Å². The Hall–Kier alpha value is -4.43. The van der Waals surface area contributed by atoms with Crippen molar-refractivity contribution in [2.75, 3.05) is 4.90 Å². The Balaban J connectivity index is 1.52. The van der Waals surface area contributed by atoms with Crippen molar-refractivity contribution in [3.63, 3.8) is 0 Å². The Morgan fingerprint density at radius 3 is 2.36 bits per heavy atom. The highest BCUT2D eigenvalue weighted by atomic mass is 32.2. The highest BCUT2D eigenvalue weighted by molar-refractivity contribution is 8.19. The van der Waals surface area contributed by atoms with Crippen molar-refractivity contribution in [1.82, 2.24) is 0 Å². The second-order valence-electron chi connectivity index (χ2n) is 8.23. The van der Waals surface area contributed by atoms with E-state index in [0.717, 1.165) is 16.9 Å². The number of nitrogens with zero attached hydrogens (tertiary/aromatic N) is 3. The third kappa shape index (κ3) is 4.58. The van der Waals surface area contributed by atoms with Crippen molar-refractivity contribution in [2.24, 2.45) is 4.99 Å². The number of furan rings is 1. The Bertz CT molecular complexity index is 1530. The van der Waals surface area contributed by atoms with E-state index >= 15 is 0 Å². The number of hydrogen-bond acceptors (Lipinski definition) is 6. The Morgan fingerprint density at radius 1 is 0.972 bits per heavy atom. The van der Waals surface area contributed by atoms with E-state index in [1.165, 1.54) is 11.8 Å². The number of anilines is 1. The van der Waals surface area contributed by atoms with Crippen molar-refractivity contribution in [1.29, 1.82) is 0 Å². The van der Waals surface area contributed by atoms with Gasteiger partial charge in [-0.15, -0.1) is 0 Å². The molecule has 0 radical (unpaired) electrons. The zero-order valence-electron chi connectivity index (χ0n) is 19.5. The molecule has 36 heavy (non-hydrogen) atoms. The summed E-state index contributed by atoms with van der Waals surface area (Å²) in [7, 11) is 0. The normalized spacial score (nSPS) is 15.7. The average molecular weight is 496 g/mol. The zero-order chi connectivity index (χ0) is 25.2. The molecule has 8 heteroatoms. The van der Waals surface area contributed by atoms with Crippen LogP contribution in [-0.2, 0) is 4.79 Å². The average Bonchev–Trinajstić information content (AvgIpc) is 3.46. The lowest BCUT2D eigenvalue weighted by atomic mass is 10.0. The van der Waals surface area contributed by atoms with Gasteiger partial charge in [-0.2, -0.15) is 0 Å². The molecule has 3 aromatic carbocycles. The van der Waals surface area contributed by atoms with Gasteiger partial charge >= 0.3 is 0 Å². The monoisotopic (exact) mass is 495 g/mol. The van der Waals surface area contributed by atoms with Gasteiger partial charge in [0.2, 0.25) is 0 Å².